The Bertz CT molecular complexity index is 165. The van der Waals surface area contributed by atoms with Gasteiger partial charge >= 0.3 is 0 Å². The molecule has 1 nitrogen and oxygen atoms in total. The molecule has 4 atom stereocenters. The summed E-state index contributed by atoms with van der Waals surface area (Å²) in [6.07, 6.45) is 5.64. The molecule has 0 aromatic carbocycles. The summed E-state index contributed by atoms with van der Waals surface area (Å²) in [5.41, 5.74) is 0. The van der Waals surface area contributed by atoms with E-state index in [9.17, 15) is 0 Å². The second-order valence-corrected chi connectivity index (χ2v) is 5.16. The van der Waals surface area contributed by atoms with Gasteiger partial charge in [0.25, 0.3) is 0 Å². The van der Waals surface area contributed by atoms with Gasteiger partial charge in [0.1, 0.15) is 0 Å². The smallest absolute Gasteiger partial charge is 0.00946 e. The van der Waals surface area contributed by atoms with Gasteiger partial charge in [0.05, 0.1) is 0 Å². The van der Waals surface area contributed by atoms with E-state index >= 15 is 0 Å². The second-order valence-electron chi connectivity index (χ2n) is 5.16. The highest BCUT2D eigenvalue weighted by atomic mass is 15.1. The molecule has 0 saturated heterocycles. The monoisotopic (exact) mass is 197 g/mol. The van der Waals surface area contributed by atoms with Crippen LogP contribution < -0.4 is 0 Å². The summed E-state index contributed by atoms with van der Waals surface area (Å²) in [7, 11) is 4.43. The van der Waals surface area contributed by atoms with Gasteiger partial charge in [-0.25, -0.2) is 0 Å². The normalized spacial score (nSPS) is 33.4. The first kappa shape index (κ1) is 12.0. The van der Waals surface area contributed by atoms with Crippen LogP contribution in [0.3, 0.4) is 0 Å². The van der Waals surface area contributed by atoms with Crippen LogP contribution in [-0.4, -0.2) is 25.0 Å². The van der Waals surface area contributed by atoms with Crippen LogP contribution in [0, 0.1) is 17.8 Å². The van der Waals surface area contributed by atoms with E-state index in [1.807, 2.05) is 0 Å². The van der Waals surface area contributed by atoms with Crippen LogP contribution in [-0.2, 0) is 0 Å². The number of hydrogen-bond donors (Lipinski definition) is 0. The van der Waals surface area contributed by atoms with Crippen LogP contribution in [0.2, 0.25) is 0 Å². The van der Waals surface area contributed by atoms with Crippen LogP contribution >= 0.6 is 0 Å². The zero-order valence-corrected chi connectivity index (χ0v) is 10.6. The Hall–Kier alpha value is -0.0400. The van der Waals surface area contributed by atoms with Crippen LogP contribution in [0.25, 0.3) is 0 Å². The maximum absolute atomic E-state index is 2.39. The minimum Gasteiger partial charge on any atom is -0.306 e. The summed E-state index contributed by atoms with van der Waals surface area (Å²) in [4.78, 5) is 2.39. The van der Waals surface area contributed by atoms with Gasteiger partial charge in [-0.15, -0.1) is 0 Å². The van der Waals surface area contributed by atoms with Gasteiger partial charge in [-0.05, 0) is 45.2 Å². The lowest BCUT2D eigenvalue weighted by Gasteiger charge is -2.20. The molecule has 0 amide bonds. The van der Waals surface area contributed by atoms with Gasteiger partial charge in [0.2, 0.25) is 0 Å². The number of unbranched alkanes of at least 4 members (excludes halogenated alkanes) is 1. The predicted octanol–water partition coefficient (Wildman–Crippen LogP) is 3.40. The molecule has 0 N–H and O–H groups in total. The van der Waals surface area contributed by atoms with Gasteiger partial charge in [-0.3, -0.25) is 0 Å². The molecule has 0 aliphatic heterocycles. The third-order valence-corrected chi connectivity index (χ3v) is 4.13. The van der Waals surface area contributed by atoms with E-state index in [4.69, 9.17) is 0 Å². The van der Waals surface area contributed by atoms with Crippen molar-refractivity contribution in [2.45, 2.75) is 52.5 Å². The van der Waals surface area contributed by atoms with Gasteiger partial charge in [0.15, 0.2) is 0 Å². The summed E-state index contributed by atoms with van der Waals surface area (Å²) in [6, 6.07) is 0.779. The Morgan fingerprint density at radius 1 is 1.14 bits per heavy atom. The standard InChI is InChI=1S/C13H27N/c1-6-8-9-12-11(7-2)13(12)10(3)14(4)5/h10-13H,6-9H2,1-5H3. The molecule has 0 spiro atoms. The van der Waals surface area contributed by atoms with Crippen LogP contribution in [0.1, 0.15) is 46.5 Å². The molecule has 0 radical (unpaired) electrons. The molecule has 4 unspecified atom stereocenters. The van der Waals surface area contributed by atoms with E-state index in [0.717, 1.165) is 23.8 Å². The quantitative estimate of drug-likeness (QED) is 0.631. The highest BCUT2D eigenvalue weighted by Crippen LogP contribution is 2.54. The zero-order valence-electron chi connectivity index (χ0n) is 10.6. The molecule has 1 aliphatic carbocycles. The first-order chi connectivity index (χ1) is 6.63. The van der Waals surface area contributed by atoms with E-state index < -0.39 is 0 Å². The fourth-order valence-corrected chi connectivity index (χ4v) is 2.96. The van der Waals surface area contributed by atoms with E-state index in [1.54, 1.807) is 0 Å². The lowest BCUT2D eigenvalue weighted by molar-refractivity contribution is 0.267. The molecular weight excluding hydrogens is 170 g/mol. The average molecular weight is 197 g/mol. The minimum atomic E-state index is 0.779. The van der Waals surface area contributed by atoms with Crippen molar-refractivity contribution in [2.75, 3.05) is 14.1 Å². The Labute approximate surface area is 89.9 Å². The molecule has 1 fully saturated rings. The SMILES string of the molecule is CCCCC1C(CC)C1C(C)N(C)C. The van der Waals surface area contributed by atoms with E-state index in [-0.39, 0.29) is 0 Å². The van der Waals surface area contributed by atoms with E-state index in [2.05, 4.69) is 39.8 Å². The Morgan fingerprint density at radius 2 is 1.79 bits per heavy atom. The summed E-state index contributed by atoms with van der Waals surface area (Å²) in [5, 5.41) is 0. The summed E-state index contributed by atoms with van der Waals surface area (Å²) < 4.78 is 0. The molecule has 84 valence electrons. The topological polar surface area (TPSA) is 3.24 Å². The molecule has 0 heterocycles. The molecule has 14 heavy (non-hydrogen) atoms. The van der Waals surface area contributed by atoms with Crippen molar-refractivity contribution in [1.82, 2.24) is 4.90 Å². The molecule has 1 aliphatic rings. The van der Waals surface area contributed by atoms with Crippen molar-refractivity contribution in [1.29, 1.82) is 0 Å². The molecule has 0 aromatic heterocycles. The van der Waals surface area contributed by atoms with Crippen molar-refractivity contribution >= 4 is 0 Å². The minimum absolute atomic E-state index is 0.779. The highest BCUT2D eigenvalue weighted by Gasteiger charge is 2.50. The van der Waals surface area contributed by atoms with Gasteiger partial charge in [-0.2, -0.15) is 0 Å². The fourth-order valence-electron chi connectivity index (χ4n) is 2.96. The Kier molecular flexibility index (Phi) is 4.43. The Balaban J connectivity index is 2.38. The van der Waals surface area contributed by atoms with Crippen LogP contribution in [0.4, 0.5) is 0 Å². The maximum Gasteiger partial charge on any atom is 0.00946 e. The summed E-state index contributed by atoms with van der Waals surface area (Å²) in [5.74, 6) is 3.05. The van der Waals surface area contributed by atoms with Crippen LogP contribution in [0.15, 0.2) is 0 Å². The number of nitrogens with zero attached hydrogens (tertiary/aromatic N) is 1. The third-order valence-electron chi connectivity index (χ3n) is 4.13. The first-order valence-electron chi connectivity index (χ1n) is 6.29. The number of hydrogen-bond acceptors (Lipinski definition) is 1. The van der Waals surface area contributed by atoms with Gasteiger partial charge in [0, 0.05) is 6.04 Å². The van der Waals surface area contributed by atoms with Crippen molar-refractivity contribution in [3.05, 3.63) is 0 Å². The zero-order chi connectivity index (χ0) is 10.7. The van der Waals surface area contributed by atoms with Crippen molar-refractivity contribution in [2.24, 2.45) is 17.8 Å². The molecule has 0 aromatic rings. The summed E-state index contributed by atoms with van der Waals surface area (Å²) >= 11 is 0. The Morgan fingerprint density at radius 3 is 2.21 bits per heavy atom. The van der Waals surface area contributed by atoms with Crippen molar-refractivity contribution in [3.63, 3.8) is 0 Å². The van der Waals surface area contributed by atoms with Crippen LogP contribution in [0.5, 0.6) is 0 Å². The molecule has 1 rings (SSSR count). The molecule has 1 saturated carbocycles. The maximum atomic E-state index is 2.39. The largest absolute Gasteiger partial charge is 0.306 e. The first-order valence-corrected chi connectivity index (χ1v) is 6.29. The third kappa shape index (κ3) is 2.50. The fraction of sp³-hybridized carbons (Fsp3) is 1.00. The lowest BCUT2D eigenvalue weighted by Crippen LogP contribution is -2.27. The number of rotatable bonds is 6. The average Bonchev–Trinajstić information content (AvgIpc) is 2.86. The molecule has 1 heteroatoms. The molecular formula is C13H27N. The van der Waals surface area contributed by atoms with Crippen molar-refractivity contribution < 1.29 is 0 Å². The second kappa shape index (κ2) is 5.16. The lowest BCUT2D eigenvalue weighted by atomic mass is 10.1. The predicted molar refractivity (Wildman–Crippen MR) is 63.4 cm³/mol. The summed E-state index contributed by atoms with van der Waals surface area (Å²) in [6.45, 7) is 7.04. The van der Waals surface area contributed by atoms with Gasteiger partial charge in [-0.1, -0.05) is 33.1 Å². The van der Waals surface area contributed by atoms with Crippen molar-refractivity contribution in [3.8, 4) is 0 Å². The van der Waals surface area contributed by atoms with E-state index in [0.29, 0.717) is 0 Å². The highest BCUT2D eigenvalue weighted by molar-refractivity contribution is 5.00. The molecule has 0 bridgehead atoms. The van der Waals surface area contributed by atoms with E-state index in [1.165, 1.54) is 25.7 Å². The van der Waals surface area contributed by atoms with Gasteiger partial charge < -0.3 is 4.90 Å².